The second-order valence-corrected chi connectivity index (χ2v) is 8.67. The summed E-state index contributed by atoms with van der Waals surface area (Å²) in [5, 5.41) is 12.7. The van der Waals surface area contributed by atoms with Crippen LogP contribution in [0.3, 0.4) is 0 Å². The maximum absolute atomic E-state index is 13.4. The molecule has 3 nitrogen and oxygen atoms in total. The molecule has 0 aromatic heterocycles. The Morgan fingerprint density at radius 1 is 1.08 bits per heavy atom. The molecule has 1 aliphatic carbocycles. The van der Waals surface area contributed by atoms with Crippen LogP contribution in [0.2, 0.25) is 0 Å². The Hall–Kier alpha value is -1.91. The molecule has 0 bridgehead atoms. The predicted octanol–water partition coefficient (Wildman–Crippen LogP) is 4.95. The molecule has 1 saturated carbocycles. The van der Waals surface area contributed by atoms with E-state index in [-0.39, 0.29) is 5.92 Å². The molecular weight excluding hydrogens is 330 g/mol. The molecule has 132 valence electrons. The van der Waals surface area contributed by atoms with Crippen molar-refractivity contribution in [3.8, 4) is 0 Å². The standard InChI is InChI=1S/C21H25NO2S/c1-22-25(24,19-13-6-3-7-14-19)16-18-12-8-9-15-20(18)21(23)17-10-4-2-5-11-17/h2-7,10-11,13-14,16,20-21,23H,8-9,12,15H2,1H3/b18-16-/t20-,21+,25?/m1/s1. The highest BCUT2D eigenvalue weighted by Crippen LogP contribution is 2.39. The van der Waals surface area contributed by atoms with E-state index in [4.69, 9.17) is 0 Å². The van der Waals surface area contributed by atoms with E-state index in [9.17, 15) is 9.32 Å². The van der Waals surface area contributed by atoms with Gasteiger partial charge in [-0.15, -0.1) is 0 Å². The van der Waals surface area contributed by atoms with Crippen molar-refractivity contribution < 1.29 is 9.32 Å². The normalized spacial score (nSPS) is 23.0. The molecule has 1 fully saturated rings. The number of hydrogen-bond acceptors (Lipinski definition) is 3. The van der Waals surface area contributed by atoms with Crippen LogP contribution in [0.4, 0.5) is 0 Å². The molecule has 0 spiro atoms. The summed E-state index contributed by atoms with van der Waals surface area (Å²) in [7, 11) is -0.993. The van der Waals surface area contributed by atoms with Crippen molar-refractivity contribution in [2.45, 2.75) is 36.7 Å². The average Bonchev–Trinajstić information content (AvgIpc) is 2.69. The van der Waals surface area contributed by atoms with Gasteiger partial charge in [0.2, 0.25) is 0 Å². The van der Waals surface area contributed by atoms with Gasteiger partial charge in [-0.05, 0) is 37.0 Å². The van der Waals surface area contributed by atoms with Crippen LogP contribution in [0.25, 0.3) is 0 Å². The Balaban J connectivity index is 1.98. The highest BCUT2D eigenvalue weighted by atomic mass is 32.2. The fourth-order valence-electron chi connectivity index (χ4n) is 3.50. The zero-order valence-corrected chi connectivity index (χ0v) is 15.4. The lowest BCUT2D eigenvalue weighted by atomic mass is 9.79. The Labute approximate surface area is 150 Å². The first-order chi connectivity index (χ1) is 12.1. The van der Waals surface area contributed by atoms with Crippen molar-refractivity contribution in [3.63, 3.8) is 0 Å². The fraction of sp³-hybridized carbons (Fsp3) is 0.333. The number of aliphatic hydroxyl groups excluding tert-OH is 1. The van der Waals surface area contributed by atoms with E-state index in [0.717, 1.165) is 41.7 Å². The van der Waals surface area contributed by atoms with Gasteiger partial charge in [0.15, 0.2) is 0 Å². The molecule has 3 atom stereocenters. The third-order valence-corrected chi connectivity index (χ3v) is 7.00. The van der Waals surface area contributed by atoms with Crippen LogP contribution < -0.4 is 0 Å². The molecule has 1 unspecified atom stereocenters. The quantitative estimate of drug-likeness (QED) is 0.843. The maximum Gasteiger partial charge on any atom is 0.0966 e. The molecule has 0 radical (unpaired) electrons. The van der Waals surface area contributed by atoms with E-state index in [1.165, 1.54) is 0 Å². The van der Waals surface area contributed by atoms with Crippen LogP contribution in [-0.4, -0.2) is 16.4 Å². The molecule has 25 heavy (non-hydrogen) atoms. The zero-order chi connectivity index (χ0) is 17.7. The summed E-state index contributed by atoms with van der Waals surface area (Å²) in [6, 6.07) is 19.1. The van der Waals surface area contributed by atoms with Crippen LogP contribution in [0.15, 0.2) is 80.9 Å². The Kier molecular flexibility index (Phi) is 5.71. The molecule has 0 saturated heterocycles. The molecule has 0 amide bonds. The van der Waals surface area contributed by atoms with Crippen molar-refractivity contribution in [2.75, 3.05) is 7.05 Å². The maximum atomic E-state index is 13.4. The molecule has 4 heteroatoms. The van der Waals surface area contributed by atoms with E-state index in [2.05, 4.69) is 4.36 Å². The summed E-state index contributed by atoms with van der Waals surface area (Å²) in [5.41, 5.74) is 1.99. The lowest BCUT2D eigenvalue weighted by Gasteiger charge is -2.30. The monoisotopic (exact) mass is 355 g/mol. The van der Waals surface area contributed by atoms with Crippen molar-refractivity contribution in [2.24, 2.45) is 10.3 Å². The first kappa shape index (κ1) is 17.9. The topological polar surface area (TPSA) is 49.7 Å². The highest BCUT2D eigenvalue weighted by Gasteiger charge is 2.28. The lowest BCUT2D eigenvalue weighted by molar-refractivity contribution is 0.112. The minimum absolute atomic E-state index is 0.00226. The molecular formula is C21H25NO2S. The second kappa shape index (κ2) is 7.98. The summed E-state index contributed by atoms with van der Waals surface area (Å²) in [4.78, 5) is 0.725. The van der Waals surface area contributed by atoms with E-state index in [0.29, 0.717) is 0 Å². The Morgan fingerprint density at radius 3 is 2.36 bits per heavy atom. The van der Waals surface area contributed by atoms with Gasteiger partial charge in [0.1, 0.15) is 0 Å². The Bertz CT molecular complexity index is 837. The molecule has 3 rings (SSSR count). The minimum Gasteiger partial charge on any atom is -0.388 e. The van der Waals surface area contributed by atoms with Crippen LogP contribution in [0.1, 0.15) is 37.4 Å². The van der Waals surface area contributed by atoms with Crippen molar-refractivity contribution in [3.05, 3.63) is 77.2 Å². The van der Waals surface area contributed by atoms with Gasteiger partial charge < -0.3 is 5.11 Å². The van der Waals surface area contributed by atoms with Gasteiger partial charge in [-0.2, -0.15) is 0 Å². The summed E-state index contributed by atoms with van der Waals surface area (Å²) >= 11 is 0. The molecule has 0 heterocycles. The van der Waals surface area contributed by atoms with Gasteiger partial charge in [-0.1, -0.05) is 60.5 Å². The number of nitrogens with zero attached hydrogens (tertiary/aromatic N) is 1. The molecule has 2 aromatic carbocycles. The summed E-state index contributed by atoms with van der Waals surface area (Å²) in [6.45, 7) is 0. The molecule has 2 aromatic rings. The molecule has 0 aliphatic heterocycles. The number of benzene rings is 2. The number of rotatable bonds is 4. The van der Waals surface area contributed by atoms with E-state index < -0.39 is 15.8 Å². The first-order valence-electron chi connectivity index (χ1n) is 8.78. The lowest BCUT2D eigenvalue weighted by Crippen LogP contribution is -2.19. The van der Waals surface area contributed by atoms with Gasteiger partial charge in [0.05, 0.1) is 20.7 Å². The number of hydrogen-bond donors (Lipinski definition) is 1. The van der Waals surface area contributed by atoms with E-state index >= 15 is 0 Å². The van der Waals surface area contributed by atoms with E-state index in [1.807, 2.05) is 66.1 Å². The Morgan fingerprint density at radius 2 is 1.72 bits per heavy atom. The third-order valence-electron chi connectivity index (χ3n) is 4.89. The third kappa shape index (κ3) is 4.02. The SMILES string of the molecule is CN=S(=O)(/C=C1/CCCC[C@H]1[C@@H](O)c1ccccc1)c1ccccc1. The van der Waals surface area contributed by atoms with Gasteiger partial charge in [-0.3, -0.25) is 0 Å². The van der Waals surface area contributed by atoms with Crippen molar-refractivity contribution >= 4 is 9.73 Å². The fourth-order valence-corrected chi connectivity index (χ4v) is 5.20. The smallest absolute Gasteiger partial charge is 0.0966 e. The van der Waals surface area contributed by atoms with Crippen LogP contribution in [0.5, 0.6) is 0 Å². The van der Waals surface area contributed by atoms with Crippen LogP contribution in [0, 0.1) is 5.92 Å². The molecule has 1 N–H and O–H groups in total. The largest absolute Gasteiger partial charge is 0.388 e. The van der Waals surface area contributed by atoms with Gasteiger partial charge in [0, 0.05) is 18.4 Å². The molecule has 1 aliphatic rings. The minimum atomic E-state index is -2.60. The van der Waals surface area contributed by atoms with Crippen LogP contribution in [-0.2, 0) is 9.73 Å². The van der Waals surface area contributed by atoms with Crippen molar-refractivity contribution in [1.82, 2.24) is 0 Å². The summed E-state index contributed by atoms with van der Waals surface area (Å²) in [5.74, 6) is 0.00226. The second-order valence-electron chi connectivity index (χ2n) is 6.46. The summed E-state index contributed by atoms with van der Waals surface area (Å²) in [6.07, 6.45) is 3.37. The van der Waals surface area contributed by atoms with Gasteiger partial charge >= 0.3 is 0 Å². The average molecular weight is 356 g/mol. The first-order valence-corrected chi connectivity index (χ1v) is 10.4. The number of aliphatic hydroxyl groups is 1. The predicted molar refractivity (Wildman–Crippen MR) is 103 cm³/mol. The van der Waals surface area contributed by atoms with Crippen molar-refractivity contribution in [1.29, 1.82) is 0 Å². The van der Waals surface area contributed by atoms with Gasteiger partial charge in [-0.25, -0.2) is 8.57 Å². The van der Waals surface area contributed by atoms with Crippen LogP contribution >= 0.6 is 0 Å². The zero-order valence-electron chi connectivity index (χ0n) is 14.5. The highest BCUT2D eigenvalue weighted by molar-refractivity contribution is 7.96. The summed E-state index contributed by atoms with van der Waals surface area (Å²) < 4.78 is 17.6. The van der Waals surface area contributed by atoms with E-state index in [1.54, 1.807) is 7.05 Å². The van der Waals surface area contributed by atoms with Gasteiger partial charge in [0.25, 0.3) is 0 Å².